The number of ketones is 3. The molecule has 1 aromatic rings. The summed E-state index contributed by atoms with van der Waals surface area (Å²) in [5.74, 6) is -3.52. The van der Waals surface area contributed by atoms with Gasteiger partial charge in [-0.15, -0.1) is 0 Å². The molecule has 0 aromatic heterocycles. The number of fused-ring (bicyclic) bond motifs is 5. The quantitative estimate of drug-likeness (QED) is 0.339. The first-order valence-corrected chi connectivity index (χ1v) is 15.5. The van der Waals surface area contributed by atoms with Gasteiger partial charge in [0.2, 0.25) is 11.7 Å². The molecule has 4 aliphatic carbocycles. The number of amides is 1. The first-order chi connectivity index (χ1) is 20.8. The molecule has 10 heteroatoms. The van der Waals surface area contributed by atoms with Gasteiger partial charge in [-0.2, -0.15) is 0 Å². The lowest BCUT2D eigenvalue weighted by Crippen LogP contribution is -2.61. The van der Waals surface area contributed by atoms with Gasteiger partial charge in [-0.05, 0) is 61.0 Å². The van der Waals surface area contributed by atoms with E-state index in [-0.39, 0.29) is 66.8 Å². The van der Waals surface area contributed by atoms with E-state index in [0.717, 1.165) is 24.0 Å². The van der Waals surface area contributed by atoms with Crippen molar-refractivity contribution in [2.75, 3.05) is 6.61 Å². The number of aliphatic hydroxyl groups is 1. The minimum atomic E-state index is -1.83. The van der Waals surface area contributed by atoms with Gasteiger partial charge >= 0.3 is 11.9 Å². The molecular weight excluding hydrogens is 566 g/mol. The Hall–Kier alpha value is -3.66. The molecule has 1 amide bonds. The Labute approximate surface area is 256 Å². The van der Waals surface area contributed by atoms with Gasteiger partial charge in [-0.1, -0.05) is 49.8 Å². The number of rotatable bonds is 10. The second-order valence-electron chi connectivity index (χ2n) is 13.5. The van der Waals surface area contributed by atoms with Crippen LogP contribution in [-0.4, -0.2) is 63.7 Å². The number of Topliss-reactive ketones (excluding diaryl/α,β-unsaturated/α-hetero) is 2. The van der Waals surface area contributed by atoms with Crippen LogP contribution in [0.5, 0.6) is 0 Å². The van der Waals surface area contributed by atoms with E-state index in [9.17, 15) is 39.0 Å². The van der Waals surface area contributed by atoms with E-state index in [2.05, 4.69) is 12.2 Å². The zero-order valence-electron chi connectivity index (χ0n) is 25.3. The van der Waals surface area contributed by atoms with Crippen molar-refractivity contribution in [2.24, 2.45) is 28.6 Å². The highest BCUT2D eigenvalue weighted by molar-refractivity contribution is 5.95. The highest BCUT2D eigenvalue weighted by Crippen LogP contribution is 2.66. The Kier molecular flexibility index (Phi) is 8.68. The van der Waals surface area contributed by atoms with Crippen molar-refractivity contribution in [2.45, 2.75) is 89.7 Å². The number of carboxylic acids is 1. The van der Waals surface area contributed by atoms with Crippen molar-refractivity contribution >= 4 is 35.2 Å². The number of aliphatic carboxylic acids is 1. The molecule has 0 unspecified atom stereocenters. The summed E-state index contributed by atoms with van der Waals surface area (Å²) in [6.07, 6.45) is 4.39. The number of benzene rings is 1. The number of carbonyl (C=O) groups excluding carboxylic acids is 5. The maximum absolute atomic E-state index is 13.8. The Balaban J connectivity index is 1.16. The van der Waals surface area contributed by atoms with Crippen molar-refractivity contribution in [3.8, 4) is 0 Å². The summed E-state index contributed by atoms with van der Waals surface area (Å²) in [4.78, 5) is 75.7. The van der Waals surface area contributed by atoms with Crippen LogP contribution in [0.2, 0.25) is 0 Å². The molecule has 3 fully saturated rings. The van der Waals surface area contributed by atoms with Crippen molar-refractivity contribution in [1.82, 2.24) is 5.32 Å². The molecule has 3 saturated carbocycles. The highest BCUT2D eigenvalue weighted by Gasteiger charge is 2.68. The van der Waals surface area contributed by atoms with Crippen LogP contribution >= 0.6 is 0 Å². The van der Waals surface area contributed by atoms with E-state index in [1.165, 1.54) is 0 Å². The normalized spacial score (nSPS) is 33.2. The summed E-state index contributed by atoms with van der Waals surface area (Å²) in [5, 5.41) is 23.7. The predicted octanol–water partition coefficient (Wildman–Crippen LogP) is 3.13. The second-order valence-corrected chi connectivity index (χ2v) is 13.5. The fourth-order valence-electron chi connectivity index (χ4n) is 8.72. The van der Waals surface area contributed by atoms with Crippen LogP contribution in [0.1, 0.15) is 77.2 Å². The van der Waals surface area contributed by atoms with Gasteiger partial charge in [0.1, 0.15) is 17.4 Å². The van der Waals surface area contributed by atoms with Crippen LogP contribution in [0, 0.1) is 28.6 Å². The highest BCUT2D eigenvalue weighted by atomic mass is 16.5. The summed E-state index contributed by atoms with van der Waals surface area (Å²) in [7, 11) is 0. The van der Waals surface area contributed by atoms with Gasteiger partial charge in [-0.25, -0.2) is 4.79 Å². The third-order valence-corrected chi connectivity index (χ3v) is 11.1. The van der Waals surface area contributed by atoms with Crippen molar-refractivity contribution < 1.29 is 43.7 Å². The fourth-order valence-corrected chi connectivity index (χ4v) is 8.72. The third kappa shape index (κ3) is 5.64. The lowest BCUT2D eigenvalue weighted by atomic mass is 9.46. The molecule has 3 N–H and O–H groups in total. The first kappa shape index (κ1) is 31.8. The molecular formula is C34H41NO9. The average Bonchev–Trinajstić information content (AvgIpc) is 3.25. The summed E-state index contributed by atoms with van der Waals surface area (Å²) in [6, 6.07) is 7.67. The number of allylic oxidation sites excluding steroid dienone is 1. The van der Waals surface area contributed by atoms with E-state index in [1.807, 2.05) is 0 Å². The summed E-state index contributed by atoms with van der Waals surface area (Å²) >= 11 is 0. The molecule has 1 aromatic carbocycles. The Morgan fingerprint density at radius 3 is 2.45 bits per heavy atom. The summed E-state index contributed by atoms with van der Waals surface area (Å²) in [6.45, 7) is 3.20. The molecule has 0 saturated heterocycles. The monoisotopic (exact) mass is 607 g/mol. The molecule has 5 rings (SSSR count). The van der Waals surface area contributed by atoms with Crippen LogP contribution in [0.3, 0.4) is 0 Å². The number of carbonyl (C=O) groups is 6. The predicted molar refractivity (Wildman–Crippen MR) is 157 cm³/mol. The lowest BCUT2D eigenvalue weighted by Gasteiger charge is -2.57. The maximum atomic E-state index is 13.8. The number of esters is 1. The van der Waals surface area contributed by atoms with E-state index in [4.69, 9.17) is 4.74 Å². The van der Waals surface area contributed by atoms with Gasteiger partial charge in [0.15, 0.2) is 12.4 Å². The topological polar surface area (TPSA) is 164 Å². The largest absolute Gasteiger partial charge is 0.480 e. The number of carboxylic acid groups (broad SMARTS) is 1. The molecule has 0 aliphatic heterocycles. The van der Waals surface area contributed by atoms with E-state index < -0.39 is 47.3 Å². The molecule has 44 heavy (non-hydrogen) atoms. The van der Waals surface area contributed by atoms with Crippen molar-refractivity contribution in [3.05, 3.63) is 47.5 Å². The van der Waals surface area contributed by atoms with Crippen LogP contribution in [0.4, 0.5) is 0 Å². The van der Waals surface area contributed by atoms with Crippen molar-refractivity contribution in [3.63, 3.8) is 0 Å². The smallest absolute Gasteiger partial charge is 0.326 e. The van der Waals surface area contributed by atoms with E-state index >= 15 is 0 Å². The third-order valence-electron chi connectivity index (χ3n) is 11.1. The Morgan fingerprint density at radius 1 is 1.02 bits per heavy atom. The van der Waals surface area contributed by atoms with Crippen LogP contribution in [0.15, 0.2) is 42.0 Å². The molecule has 236 valence electrons. The molecule has 0 heterocycles. The Bertz CT molecular complexity index is 1400. The van der Waals surface area contributed by atoms with E-state index in [1.54, 1.807) is 43.3 Å². The number of hydrogen-bond acceptors (Lipinski definition) is 8. The van der Waals surface area contributed by atoms with E-state index in [0.29, 0.717) is 19.3 Å². The zero-order valence-corrected chi connectivity index (χ0v) is 25.3. The minimum Gasteiger partial charge on any atom is -0.480 e. The number of hydrogen-bond donors (Lipinski definition) is 3. The second kappa shape index (κ2) is 12.0. The number of nitrogens with one attached hydrogen (secondary N) is 1. The molecule has 0 bridgehead atoms. The van der Waals surface area contributed by atoms with Crippen molar-refractivity contribution in [1.29, 1.82) is 0 Å². The molecule has 7 atom stereocenters. The van der Waals surface area contributed by atoms with Gasteiger partial charge in [0, 0.05) is 37.0 Å². The SMILES string of the molecule is C[C@]12CCC(=O)C=C1CC[C@H]1[C@H]2C(=O)C[C@@]2(C)[C@H]1CC[C@]2(O)C(=O)COC(=O)CCC(=O)N[C@@H](Cc1ccccc1)C(=O)O. The molecule has 10 nitrogen and oxygen atoms in total. The number of ether oxygens (including phenoxy) is 1. The minimum absolute atomic E-state index is 0.00370. The summed E-state index contributed by atoms with van der Waals surface area (Å²) < 4.78 is 5.17. The fraction of sp³-hybridized carbons (Fsp3) is 0.588. The zero-order chi connectivity index (χ0) is 31.9. The van der Waals surface area contributed by atoms with Crippen LogP contribution in [0.25, 0.3) is 0 Å². The Morgan fingerprint density at radius 2 is 1.75 bits per heavy atom. The summed E-state index contributed by atoms with van der Waals surface area (Å²) in [5.41, 5.74) is -1.43. The molecule has 0 radical (unpaired) electrons. The molecule has 0 spiro atoms. The van der Waals surface area contributed by atoms with Gasteiger partial charge < -0.3 is 20.3 Å². The van der Waals surface area contributed by atoms with Gasteiger partial charge in [0.25, 0.3) is 0 Å². The molecule has 4 aliphatic rings. The average molecular weight is 608 g/mol. The lowest BCUT2D eigenvalue weighted by molar-refractivity contribution is -0.173. The standard InChI is InChI=1S/C34H41NO9/c1-32-14-12-22(36)17-21(32)8-9-23-24-13-15-34(43,33(24,2)18-26(37)30(23)32)27(38)19-44-29(40)11-10-28(39)35-25(31(41)42)16-20-6-4-3-5-7-20/h3-7,17,23-25,30,43H,8-16,18-19H2,1-2H3,(H,35,39)(H,41,42)/t23-,24+,25+,30+,32+,33+,34+/m1/s1. The maximum Gasteiger partial charge on any atom is 0.326 e. The van der Waals surface area contributed by atoms with Gasteiger partial charge in [-0.3, -0.25) is 24.0 Å². The van der Waals surface area contributed by atoms with Crippen LogP contribution in [-0.2, 0) is 39.9 Å². The van der Waals surface area contributed by atoms with Gasteiger partial charge in [0.05, 0.1) is 6.42 Å². The van der Waals surface area contributed by atoms with Crippen LogP contribution < -0.4 is 5.32 Å². The first-order valence-electron chi connectivity index (χ1n) is 15.5.